The van der Waals surface area contributed by atoms with Crippen molar-refractivity contribution in [2.45, 2.75) is 33.1 Å². The van der Waals surface area contributed by atoms with Crippen molar-refractivity contribution in [1.29, 1.82) is 5.26 Å². The topological polar surface area (TPSA) is 50.1 Å². The van der Waals surface area contributed by atoms with Gasteiger partial charge in [-0.15, -0.1) is 0 Å². The maximum Gasteiger partial charge on any atom is 0.310 e. The van der Waals surface area contributed by atoms with Crippen molar-refractivity contribution in [3.63, 3.8) is 0 Å². The first kappa shape index (κ1) is 15.1. The Labute approximate surface area is 110 Å². The third kappa shape index (κ3) is 3.50. The molecule has 0 bridgehead atoms. The van der Waals surface area contributed by atoms with Gasteiger partial charge in [-0.25, -0.2) is 8.78 Å². The molecule has 102 valence electrons. The SMILES string of the molecule is CCOC(=O)Cc1c(C(F)F)ccc(C#N)c1CC. The summed E-state index contributed by atoms with van der Waals surface area (Å²) in [6.45, 7) is 3.61. The average molecular weight is 267 g/mol. The number of carbonyl (C=O) groups is 1. The predicted molar refractivity (Wildman–Crippen MR) is 65.8 cm³/mol. The first-order valence-corrected chi connectivity index (χ1v) is 6.03. The van der Waals surface area contributed by atoms with E-state index in [0.717, 1.165) is 0 Å². The van der Waals surface area contributed by atoms with Gasteiger partial charge in [0.2, 0.25) is 0 Å². The number of ether oxygens (including phenoxy) is 1. The second-order valence-electron chi connectivity index (χ2n) is 3.91. The highest BCUT2D eigenvalue weighted by atomic mass is 19.3. The zero-order valence-corrected chi connectivity index (χ0v) is 10.9. The zero-order chi connectivity index (χ0) is 14.4. The van der Waals surface area contributed by atoms with E-state index in [1.807, 2.05) is 6.07 Å². The molecule has 0 aliphatic carbocycles. The highest BCUT2D eigenvalue weighted by Crippen LogP contribution is 2.28. The van der Waals surface area contributed by atoms with Gasteiger partial charge in [-0.05, 0) is 30.5 Å². The number of nitriles is 1. The molecule has 5 heteroatoms. The zero-order valence-electron chi connectivity index (χ0n) is 10.9. The van der Waals surface area contributed by atoms with Crippen molar-refractivity contribution in [1.82, 2.24) is 0 Å². The van der Waals surface area contributed by atoms with Gasteiger partial charge >= 0.3 is 5.97 Å². The van der Waals surface area contributed by atoms with Crippen LogP contribution in [0, 0.1) is 11.3 Å². The third-order valence-corrected chi connectivity index (χ3v) is 2.80. The van der Waals surface area contributed by atoms with Crippen LogP contribution in [0.25, 0.3) is 0 Å². The number of hydrogen-bond donors (Lipinski definition) is 0. The maximum absolute atomic E-state index is 13.0. The maximum atomic E-state index is 13.0. The highest BCUT2D eigenvalue weighted by Gasteiger charge is 2.20. The van der Waals surface area contributed by atoms with E-state index in [1.54, 1.807) is 13.8 Å². The normalized spacial score (nSPS) is 10.3. The van der Waals surface area contributed by atoms with Crippen molar-refractivity contribution >= 4 is 5.97 Å². The predicted octanol–water partition coefficient (Wildman–Crippen LogP) is 3.16. The largest absolute Gasteiger partial charge is 0.466 e. The molecule has 0 amide bonds. The molecule has 0 saturated carbocycles. The van der Waals surface area contributed by atoms with Gasteiger partial charge in [0.15, 0.2) is 0 Å². The van der Waals surface area contributed by atoms with Crippen molar-refractivity contribution in [2.24, 2.45) is 0 Å². The summed E-state index contributed by atoms with van der Waals surface area (Å²) in [4.78, 5) is 11.5. The molecule has 0 fully saturated rings. The lowest BCUT2D eigenvalue weighted by Crippen LogP contribution is -2.12. The monoisotopic (exact) mass is 267 g/mol. The first-order valence-electron chi connectivity index (χ1n) is 6.03. The van der Waals surface area contributed by atoms with E-state index in [-0.39, 0.29) is 24.2 Å². The molecule has 0 radical (unpaired) electrons. The van der Waals surface area contributed by atoms with Gasteiger partial charge in [-0.2, -0.15) is 5.26 Å². The van der Waals surface area contributed by atoms with Gasteiger partial charge in [0, 0.05) is 5.56 Å². The van der Waals surface area contributed by atoms with E-state index < -0.39 is 12.4 Å². The molecular weight excluding hydrogens is 252 g/mol. The summed E-state index contributed by atoms with van der Waals surface area (Å²) in [5.41, 5.74) is 0.832. The molecule has 1 aromatic carbocycles. The van der Waals surface area contributed by atoms with Crippen LogP contribution in [0.2, 0.25) is 0 Å². The van der Waals surface area contributed by atoms with Crippen LogP contribution in [-0.2, 0) is 22.4 Å². The number of hydrogen-bond acceptors (Lipinski definition) is 3. The fourth-order valence-corrected chi connectivity index (χ4v) is 1.99. The van der Waals surface area contributed by atoms with Crippen LogP contribution in [0.5, 0.6) is 0 Å². The number of benzene rings is 1. The van der Waals surface area contributed by atoms with Crippen LogP contribution in [-0.4, -0.2) is 12.6 Å². The van der Waals surface area contributed by atoms with Crippen LogP contribution < -0.4 is 0 Å². The number of alkyl halides is 2. The van der Waals surface area contributed by atoms with E-state index in [2.05, 4.69) is 0 Å². The Morgan fingerprint density at radius 2 is 2.05 bits per heavy atom. The van der Waals surface area contributed by atoms with Gasteiger partial charge in [0.25, 0.3) is 6.43 Å². The molecule has 0 N–H and O–H groups in total. The number of esters is 1. The van der Waals surface area contributed by atoms with Crippen molar-refractivity contribution < 1.29 is 18.3 Å². The second-order valence-corrected chi connectivity index (χ2v) is 3.91. The molecule has 0 spiro atoms. The molecular formula is C14H15F2NO2. The molecule has 1 rings (SSSR count). The van der Waals surface area contributed by atoms with Gasteiger partial charge in [-0.1, -0.05) is 13.0 Å². The van der Waals surface area contributed by atoms with Crippen LogP contribution in [0.15, 0.2) is 12.1 Å². The Balaban J connectivity index is 3.30. The lowest BCUT2D eigenvalue weighted by atomic mass is 9.92. The smallest absolute Gasteiger partial charge is 0.310 e. The Hall–Kier alpha value is -1.96. The van der Waals surface area contributed by atoms with Crippen molar-refractivity contribution in [3.05, 3.63) is 34.4 Å². The molecule has 0 saturated heterocycles. The Morgan fingerprint density at radius 1 is 1.37 bits per heavy atom. The van der Waals surface area contributed by atoms with Gasteiger partial charge in [-0.3, -0.25) is 4.79 Å². The number of nitrogens with zero attached hydrogens (tertiary/aromatic N) is 1. The minimum Gasteiger partial charge on any atom is -0.466 e. The Bertz CT molecular complexity index is 507. The first-order chi connectivity index (χ1) is 9.04. The van der Waals surface area contributed by atoms with Gasteiger partial charge < -0.3 is 4.74 Å². The molecule has 19 heavy (non-hydrogen) atoms. The van der Waals surface area contributed by atoms with E-state index in [9.17, 15) is 13.6 Å². The van der Waals surface area contributed by atoms with E-state index in [1.165, 1.54) is 12.1 Å². The summed E-state index contributed by atoms with van der Waals surface area (Å²) < 4.78 is 30.7. The third-order valence-electron chi connectivity index (χ3n) is 2.80. The summed E-state index contributed by atoms with van der Waals surface area (Å²) in [7, 11) is 0. The van der Waals surface area contributed by atoms with Crippen molar-refractivity contribution in [3.8, 4) is 6.07 Å². The molecule has 0 aromatic heterocycles. The van der Waals surface area contributed by atoms with Gasteiger partial charge in [0.1, 0.15) is 0 Å². The molecule has 0 heterocycles. The summed E-state index contributed by atoms with van der Waals surface area (Å²) in [5, 5.41) is 8.99. The summed E-state index contributed by atoms with van der Waals surface area (Å²) in [5.74, 6) is -0.561. The van der Waals surface area contributed by atoms with E-state index in [4.69, 9.17) is 10.00 Å². The number of rotatable bonds is 5. The lowest BCUT2D eigenvalue weighted by Gasteiger charge is -2.14. The van der Waals surface area contributed by atoms with Crippen LogP contribution in [0.4, 0.5) is 8.78 Å². The summed E-state index contributed by atoms with van der Waals surface area (Å²) >= 11 is 0. The number of carbonyl (C=O) groups excluding carboxylic acids is 1. The standard InChI is InChI=1S/C14H15F2NO2/c1-3-10-9(8-17)5-6-11(14(15)16)12(10)7-13(18)19-4-2/h5-6,14H,3-4,7H2,1-2H3. The second kappa shape index (κ2) is 6.83. The van der Waals surface area contributed by atoms with Crippen molar-refractivity contribution in [2.75, 3.05) is 6.61 Å². The van der Waals surface area contributed by atoms with E-state index in [0.29, 0.717) is 17.5 Å². The lowest BCUT2D eigenvalue weighted by molar-refractivity contribution is -0.142. The fourth-order valence-electron chi connectivity index (χ4n) is 1.99. The molecule has 0 aliphatic rings. The quantitative estimate of drug-likeness (QED) is 0.770. The molecule has 0 aliphatic heterocycles. The average Bonchev–Trinajstić information content (AvgIpc) is 2.37. The Kier molecular flexibility index (Phi) is 5.43. The van der Waals surface area contributed by atoms with Crippen LogP contribution in [0.1, 0.15) is 42.5 Å². The van der Waals surface area contributed by atoms with Gasteiger partial charge in [0.05, 0.1) is 24.7 Å². The molecule has 1 aromatic rings. The van der Waals surface area contributed by atoms with Crippen LogP contribution in [0.3, 0.4) is 0 Å². The fraction of sp³-hybridized carbons (Fsp3) is 0.429. The minimum absolute atomic E-state index is 0.197. The Morgan fingerprint density at radius 3 is 2.53 bits per heavy atom. The summed E-state index contributed by atoms with van der Waals surface area (Å²) in [6.07, 6.45) is -2.49. The molecule has 0 unspecified atom stereocenters. The van der Waals surface area contributed by atoms with Crippen LogP contribution >= 0.6 is 0 Å². The minimum atomic E-state index is -2.68. The highest BCUT2D eigenvalue weighted by molar-refractivity contribution is 5.74. The summed E-state index contributed by atoms with van der Waals surface area (Å²) in [6, 6.07) is 4.54. The molecule has 3 nitrogen and oxygen atoms in total. The number of halogens is 2. The molecule has 0 atom stereocenters. The van der Waals surface area contributed by atoms with E-state index >= 15 is 0 Å².